The van der Waals surface area contributed by atoms with E-state index in [9.17, 15) is 0 Å². The van der Waals surface area contributed by atoms with Crippen LogP contribution in [0.2, 0.25) is 0 Å². The Morgan fingerprint density at radius 1 is 1.08 bits per heavy atom. The molecule has 0 heteroatoms. The maximum absolute atomic E-state index is 2.47. The Morgan fingerprint density at radius 3 is 1.92 bits per heavy atom. The fraction of sp³-hybridized carbons (Fsp3) is 0.846. The van der Waals surface area contributed by atoms with E-state index in [4.69, 9.17) is 0 Å². The molecule has 0 saturated heterocycles. The first-order chi connectivity index (χ1) is 5.73. The summed E-state index contributed by atoms with van der Waals surface area (Å²) >= 11 is 0. The molecule has 1 unspecified atom stereocenters. The van der Waals surface area contributed by atoms with Gasteiger partial charge in [-0.05, 0) is 29.6 Å². The summed E-state index contributed by atoms with van der Waals surface area (Å²) in [6.45, 7) is 14.1. The van der Waals surface area contributed by atoms with Gasteiger partial charge in [-0.15, -0.1) is 0 Å². The fourth-order valence-corrected chi connectivity index (χ4v) is 2.43. The van der Waals surface area contributed by atoms with Crippen LogP contribution < -0.4 is 0 Å². The third-order valence-corrected chi connectivity index (χ3v) is 3.11. The van der Waals surface area contributed by atoms with E-state index in [0.29, 0.717) is 10.8 Å². The second-order valence-electron chi connectivity index (χ2n) is 6.41. The summed E-state index contributed by atoms with van der Waals surface area (Å²) < 4.78 is 0. The molecule has 13 heavy (non-hydrogen) atoms. The Hall–Kier alpha value is -0.260. The molecule has 0 fully saturated rings. The minimum atomic E-state index is 0.369. The van der Waals surface area contributed by atoms with E-state index in [0.717, 1.165) is 5.92 Å². The van der Waals surface area contributed by atoms with Crippen LogP contribution in [0.5, 0.6) is 0 Å². The van der Waals surface area contributed by atoms with Gasteiger partial charge in [0.2, 0.25) is 0 Å². The van der Waals surface area contributed by atoms with E-state index >= 15 is 0 Å². The van der Waals surface area contributed by atoms with Crippen molar-refractivity contribution in [1.82, 2.24) is 0 Å². The van der Waals surface area contributed by atoms with E-state index in [1.165, 1.54) is 12.8 Å². The zero-order valence-corrected chi connectivity index (χ0v) is 10.1. The molecular formula is C13H24. The lowest BCUT2D eigenvalue weighted by molar-refractivity contribution is 0.245. The van der Waals surface area contributed by atoms with Crippen molar-refractivity contribution >= 4 is 0 Å². The average Bonchev–Trinajstić information content (AvgIpc) is 2.27. The summed E-state index contributed by atoms with van der Waals surface area (Å²) in [5.41, 5.74) is 2.49. The van der Waals surface area contributed by atoms with Crippen LogP contribution in [0.4, 0.5) is 0 Å². The van der Waals surface area contributed by atoms with Gasteiger partial charge >= 0.3 is 0 Å². The van der Waals surface area contributed by atoms with Gasteiger partial charge in [0.05, 0.1) is 0 Å². The molecule has 0 aromatic heterocycles. The van der Waals surface area contributed by atoms with Gasteiger partial charge in [0.15, 0.2) is 0 Å². The molecule has 1 aliphatic rings. The third kappa shape index (κ3) is 2.36. The summed E-state index contributed by atoms with van der Waals surface area (Å²) in [6.07, 6.45) is 5.11. The maximum Gasteiger partial charge on any atom is -0.0146 e. The molecule has 0 aromatic rings. The van der Waals surface area contributed by atoms with Crippen molar-refractivity contribution in [2.45, 2.75) is 54.4 Å². The van der Waals surface area contributed by atoms with Gasteiger partial charge in [-0.1, -0.05) is 53.2 Å². The predicted octanol–water partition coefficient (Wildman–Crippen LogP) is 4.42. The van der Waals surface area contributed by atoms with Gasteiger partial charge < -0.3 is 0 Å². The summed E-state index contributed by atoms with van der Waals surface area (Å²) in [5.74, 6) is 0.799. The summed E-state index contributed by atoms with van der Waals surface area (Å²) in [7, 11) is 0. The normalized spacial score (nSPS) is 24.8. The summed E-state index contributed by atoms with van der Waals surface area (Å²) in [4.78, 5) is 0. The van der Waals surface area contributed by atoms with Crippen molar-refractivity contribution in [3.63, 3.8) is 0 Å². The predicted molar refractivity (Wildman–Crippen MR) is 59.7 cm³/mol. The lowest BCUT2D eigenvalue weighted by atomic mass is 9.69. The molecule has 1 aliphatic carbocycles. The topological polar surface area (TPSA) is 0 Å². The second kappa shape index (κ2) is 3.15. The summed E-state index contributed by atoms with van der Waals surface area (Å²) in [5, 5.41) is 0. The number of rotatable bonds is 0. The average molecular weight is 180 g/mol. The fourth-order valence-electron chi connectivity index (χ4n) is 2.43. The van der Waals surface area contributed by atoms with Crippen molar-refractivity contribution < 1.29 is 0 Å². The van der Waals surface area contributed by atoms with Crippen molar-refractivity contribution in [3.8, 4) is 0 Å². The molecule has 76 valence electrons. The van der Waals surface area contributed by atoms with Crippen LogP contribution in [0.1, 0.15) is 54.4 Å². The van der Waals surface area contributed by atoms with Gasteiger partial charge in [0.25, 0.3) is 0 Å². The molecule has 0 radical (unpaired) electrons. The molecule has 0 N–H and O–H groups in total. The summed E-state index contributed by atoms with van der Waals surface area (Å²) in [6, 6.07) is 0. The quantitative estimate of drug-likeness (QED) is 0.484. The molecule has 0 aliphatic heterocycles. The first-order valence-corrected chi connectivity index (χ1v) is 5.43. The van der Waals surface area contributed by atoms with E-state index in [-0.39, 0.29) is 0 Å². The van der Waals surface area contributed by atoms with Crippen LogP contribution in [0.3, 0.4) is 0 Å². The lowest BCUT2D eigenvalue weighted by Gasteiger charge is -2.35. The van der Waals surface area contributed by atoms with E-state index < -0.39 is 0 Å². The van der Waals surface area contributed by atoms with E-state index in [1.807, 2.05) is 0 Å². The van der Waals surface area contributed by atoms with Crippen molar-refractivity contribution in [2.75, 3.05) is 0 Å². The first-order valence-electron chi connectivity index (χ1n) is 5.43. The first kappa shape index (κ1) is 10.8. The standard InChI is InChI=1S/C13H24/c1-12(2,3)10-8-7-9-11(10)13(4,5)6/h8,11H,7,9H2,1-6H3. The highest BCUT2D eigenvalue weighted by Crippen LogP contribution is 2.46. The van der Waals surface area contributed by atoms with Gasteiger partial charge in [-0.2, -0.15) is 0 Å². The molecule has 0 bridgehead atoms. The van der Waals surface area contributed by atoms with Crippen molar-refractivity contribution in [2.24, 2.45) is 16.7 Å². The third-order valence-electron chi connectivity index (χ3n) is 3.11. The Kier molecular flexibility index (Phi) is 2.62. The monoisotopic (exact) mass is 180 g/mol. The molecule has 0 aromatic carbocycles. The van der Waals surface area contributed by atoms with Crippen LogP contribution in [-0.4, -0.2) is 0 Å². The Morgan fingerprint density at radius 2 is 1.62 bits per heavy atom. The van der Waals surface area contributed by atoms with Crippen molar-refractivity contribution in [3.05, 3.63) is 11.6 Å². The number of allylic oxidation sites excluding steroid dienone is 2. The number of hydrogen-bond donors (Lipinski definition) is 0. The molecule has 0 amide bonds. The van der Waals surface area contributed by atoms with Crippen LogP contribution in [-0.2, 0) is 0 Å². The highest BCUT2D eigenvalue weighted by Gasteiger charge is 2.35. The van der Waals surface area contributed by atoms with Crippen molar-refractivity contribution in [1.29, 1.82) is 0 Å². The molecule has 1 rings (SSSR count). The van der Waals surface area contributed by atoms with Crippen LogP contribution >= 0.6 is 0 Å². The molecule has 0 nitrogen and oxygen atoms in total. The van der Waals surface area contributed by atoms with Gasteiger partial charge in [0.1, 0.15) is 0 Å². The van der Waals surface area contributed by atoms with Crippen LogP contribution in [0, 0.1) is 16.7 Å². The molecule has 0 spiro atoms. The van der Waals surface area contributed by atoms with E-state index in [1.54, 1.807) is 5.57 Å². The zero-order valence-electron chi connectivity index (χ0n) is 10.1. The molecule has 0 saturated carbocycles. The minimum absolute atomic E-state index is 0.369. The Labute approximate surface area is 83.4 Å². The maximum atomic E-state index is 2.47. The SMILES string of the molecule is CC(C)(C)C1=CCCC1C(C)(C)C. The molecule has 1 atom stereocenters. The smallest absolute Gasteiger partial charge is 0.0146 e. The zero-order chi connectivity index (χ0) is 10.3. The Bertz CT molecular complexity index is 207. The highest BCUT2D eigenvalue weighted by atomic mass is 14.4. The Balaban J connectivity index is 2.87. The highest BCUT2D eigenvalue weighted by molar-refractivity contribution is 5.21. The lowest BCUT2D eigenvalue weighted by Crippen LogP contribution is -2.26. The van der Waals surface area contributed by atoms with Crippen LogP contribution in [0.15, 0.2) is 11.6 Å². The van der Waals surface area contributed by atoms with E-state index in [2.05, 4.69) is 47.6 Å². The van der Waals surface area contributed by atoms with Crippen LogP contribution in [0.25, 0.3) is 0 Å². The minimum Gasteiger partial charge on any atom is -0.0845 e. The number of hydrogen-bond acceptors (Lipinski definition) is 0. The molecular weight excluding hydrogens is 156 g/mol. The largest absolute Gasteiger partial charge is 0.0845 e. The second-order valence-corrected chi connectivity index (χ2v) is 6.41. The molecule has 0 heterocycles. The van der Waals surface area contributed by atoms with Gasteiger partial charge in [-0.3, -0.25) is 0 Å². The van der Waals surface area contributed by atoms with Gasteiger partial charge in [0, 0.05) is 0 Å². The van der Waals surface area contributed by atoms with Gasteiger partial charge in [-0.25, -0.2) is 0 Å².